The molecule has 0 bridgehead atoms. The zero-order valence-electron chi connectivity index (χ0n) is 15.0. The van der Waals surface area contributed by atoms with Crippen molar-refractivity contribution in [1.82, 2.24) is 14.8 Å². The Balaban J connectivity index is 1.82. The highest BCUT2D eigenvalue weighted by Crippen LogP contribution is 2.23. The van der Waals surface area contributed by atoms with Crippen molar-refractivity contribution in [3.8, 4) is 0 Å². The van der Waals surface area contributed by atoms with Gasteiger partial charge in [-0.1, -0.05) is 42.5 Å². The lowest BCUT2D eigenvalue weighted by atomic mass is 10.0. The van der Waals surface area contributed by atoms with Gasteiger partial charge in [-0.05, 0) is 31.4 Å². The van der Waals surface area contributed by atoms with Crippen LogP contribution in [0.25, 0.3) is 0 Å². The molecule has 2 heterocycles. The lowest BCUT2D eigenvalue weighted by Gasteiger charge is -2.36. The Morgan fingerprint density at radius 2 is 2.00 bits per heavy atom. The maximum atomic E-state index is 12.9. The molecule has 1 amide bonds. The van der Waals surface area contributed by atoms with E-state index in [0.717, 1.165) is 35.6 Å². The Kier molecular flexibility index (Phi) is 5.39. The summed E-state index contributed by atoms with van der Waals surface area (Å²) in [6.07, 6.45) is 1.01. The van der Waals surface area contributed by atoms with Gasteiger partial charge in [0, 0.05) is 30.2 Å². The molecular formula is C19H25N3O2S. The molecule has 2 aromatic rings. The normalized spacial score (nSPS) is 17.7. The standard InChI is InChI=1S/C19H25N3O2S/c1-4-15-5-7-16(8-6-15)17-11-20-9-10-21(17)18(23)12-22-13(2)14(3)25-19(22)24/h5-8,17,20H,4,9-12H2,1-3H3. The van der Waals surface area contributed by atoms with E-state index in [2.05, 4.69) is 36.5 Å². The summed E-state index contributed by atoms with van der Waals surface area (Å²) >= 11 is 1.21. The van der Waals surface area contributed by atoms with Crippen LogP contribution in [0.15, 0.2) is 29.1 Å². The fourth-order valence-electron chi connectivity index (χ4n) is 3.27. The number of carbonyl (C=O) groups excluding carboxylic acids is 1. The van der Waals surface area contributed by atoms with Gasteiger partial charge < -0.3 is 10.2 Å². The van der Waals surface area contributed by atoms with Crippen LogP contribution >= 0.6 is 11.3 Å². The smallest absolute Gasteiger partial charge is 0.308 e. The van der Waals surface area contributed by atoms with Crippen molar-refractivity contribution in [1.29, 1.82) is 0 Å². The van der Waals surface area contributed by atoms with Gasteiger partial charge in [-0.15, -0.1) is 0 Å². The summed E-state index contributed by atoms with van der Waals surface area (Å²) in [6, 6.07) is 8.50. The molecule has 1 atom stereocenters. The molecule has 3 rings (SSSR count). The van der Waals surface area contributed by atoms with E-state index in [0.29, 0.717) is 6.54 Å². The summed E-state index contributed by atoms with van der Waals surface area (Å²) in [5.41, 5.74) is 3.33. The molecular weight excluding hydrogens is 334 g/mol. The van der Waals surface area contributed by atoms with Crippen molar-refractivity contribution < 1.29 is 4.79 Å². The van der Waals surface area contributed by atoms with Crippen LogP contribution in [0.2, 0.25) is 0 Å². The fourth-order valence-corrected chi connectivity index (χ4v) is 4.10. The molecule has 5 nitrogen and oxygen atoms in total. The third kappa shape index (κ3) is 3.70. The second kappa shape index (κ2) is 7.54. The lowest BCUT2D eigenvalue weighted by molar-refractivity contribution is -0.135. The quantitative estimate of drug-likeness (QED) is 0.911. The van der Waals surface area contributed by atoms with Gasteiger partial charge in [0.15, 0.2) is 0 Å². The van der Waals surface area contributed by atoms with Crippen LogP contribution in [-0.2, 0) is 17.8 Å². The molecule has 0 aliphatic carbocycles. The van der Waals surface area contributed by atoms with Gasteiger partial charge in [0.1, 0.15) is 6.54 Å². The number of rotatable bonds is 4. The van der Waals surface area contributed by atoms with Gasteiger partial charge in [0.25, 0.3) is 0 Å². The number of hydrogen-bond donors (Lipinski definition) is 1. The van der Waals surface area contributed by atoms with Gasteiger partial charge in [-0.2, -0.15) is 0 Å². The predicted octanol–water partition coefficient (Wildman–Crippen LogP) is 2.26. The average molecular weight is 359 g/mol. The van der Waals surface area contributed by atoms with E-state index < -0.39 is 0 Å². The van der Waals surface area contributed by atoms with Crippen LogP contribution < -0.4 is 10.2 Å². The molecule has 1 fully saturated rings. The highest BCUT2D eigenvalue weighted by molar-refractivity contribution is 7.09. The number of nitrogens with zero attached hydrogens (tertiary/aromatic N) is 2. The monoisotopic (exact) mass is 359 g/mol. The summed E-state index contributed by atoms with van der Waals surface area (Å²) in [5.74, 6) is 0.00840. The molecule has 0 spiro atoms. The second-order valence-corrected chi connectivity index (χ2v) is 7.66. The minimum atomic E-state index is -0.0534. The zero-order chi connectivity index (χ0) is 18.0. The Labute approximate surface area is 152 Å². The molecule has 1 aliphatic heterocycles. The van der Waals surface area contributed by atoms with Crippen molar-refractivity contribution in [2.45, 2.75) is 39.8 Å². The van der Waals surface area contributed by atoms with E-state index in [1.165, 1.54) is 16.9 Å². The van der Waals surface area contributed by atoms with E-state index in [1.807, 2.05) is 18.7 Å². The van der Waals surface area contributed by atoms with Crippen molar-refractivity contribution in [2.75, 3.05) is 19.6 Å². The summed E-state index contributed by atoms with van der Waals surface area (Å²) in [5, 5.41) is 3.38. The summed E-state index contributed by atoms with van der Waals surface area (Å²) < 4.78 is 1.60. The molecule has 1 unspecified atom stereocenters. The highest BCUT2D eigenvalue weighted by atomic mass is 32.1. The minimum absolute atomic E-state index is 0.00840. The van der Waals surface area contributed by atoms with E-state index in [1.54, 1.807) is 4.57 Å². The molecule has 1 aromatic carbocycles. The van der Waals surface area contributed by atoms with Crippen LogP contribution in [-0.4, -0.2) is 35.0 Å². The number of thiazole rings is 1. The first kappa shape index (κ1) is 17.9. The molecule has 25 heavy (non-hydrogen) atoms. The Bertz CT molecular complexity index is 807. The van der Waals surface area contributed by atoms with Crippen molar-refractivity contribution in [3.63, 3.8) is 0 Å². The maximum Gasteiger partial charge on any atom is 0.308 e. The van der Waals surface area contributed by atoms with E-state index in [4.69, 9.17) is 0 Å². The number of piperazine rings is 1. The maximum absolute atomic E-state index is 12.9. The molecule has 134 valence electrons. The van der Waals surface area contributed by atoms with Crippen LogP contribution in [0.1, 0.15) is 34.7 Å². The molecule has 0 radical (unpaired) electrons. The largest absolute Gasteiger partial charge is 0.332 e. The predicted molar refractivity (Wildman–Crippen MR) is 101 cm³/mol. The number of hydrogen-bond acceptors (Lipinski definition) is 4. The summed E-state index contributed by atoms with van der Waals surface area (Å²) in [6.45, 7) is 8.27. The Morgan fingerprint density at radius 1 is 1.28 bits per heavy atom. The number of benzene rings is 1. The van der Waals surface area contributed by atoms with Crippen molar-refractivity contribution in [3.05, 3.63) is 55.6 Å². The van der Waals surface area contributed by atoms with Gasteiger partial charge in [0.2, 0.25) is 5.91 Å². The van der Waals surface area contributed by atoms with E-state index in [-0.39, 0.29) is 23.4 Å². The van der Waals surface area contributed by atoms with Gasteiger partial charge in [-0.25, -0.2) is 0 Å². The number of nitrogens with one attached hydrogen (secondary N) is 1. The fraction of sp³-hybridized carbons (Fsp3) is 0.474. The average Bonchev–Trinajstić information content (AvgIpc) is 2.88. The van der Waals surface area contributed by atoms with Gasteiger partial charge in [-0.3, -0.25) is 14.2 Å². The van der Waals surface area contributed by atoms with Crippen molar-refractivity contribution in [2.24, 2.45) is 0 Å². The van der Waals surface area contributed by atoms with E-state index in [9.17, 15) is 9.59 Å². The Morgan fingerprint density at radius 3 is 2.60 bits per heavy atom. The first-order valence-electron chi connectivity index (χ1n) is 8.77. The highest BCUT2D eigenvalue weighted by Gasteiger charge is 2.28. The van der Waals surface area contributed by atoms with Gasteiger partial charge in [0.05, 0.1) is 6.04 Å². The number of aromatic nitrogens is 1. The van der Waals surface area contributed by atoms with Crippen molar-refractivity contribution >= 4 is 17.2 Å². The molecule has 1 aromatic heterocycles. The SMILES string of the molecule is CCc1ccc(C2CNCCN2C(=O)Cn2c(C)c(C)sc2=O)cc1. The van der Waals surface area contributed by atoms with E-state index >= 15 is 0 Å². The van der Waals surface area contributed by atoms with Crippen LogP contribution in [0.3, 0.4) is 0 Å². The summed E-state index contributed by atoms with van der Waals surface area (Å²) in [4.78, 5) is 27.9. The molecule has 1 N–H and O–H groups in total. The molecule has 6 heteroatoms. The zero-order valence-corrected chi connectivity index (χ0v) is 15.9. The van der Waals surface area contributed by atoms with Crippen LogP contribution in [0, 0.1) is 13.8 Å². The number of amides is 1. The van der Waals surface area contributed by atoms with Crippen LogP contribution in [0.5, 0.6) is 0 Å². The minimum Gasteiger partial charge on any atom is -0.332 e. The lowest BCUT2D eigenvalue weighted by Crippen LogP contribution is -2.50. The van der Waals surface area contributed by atoms with Gasteiger partial charge >= 0.3 is 4.87 Å². The molecule has 1 aliphatic rings. The first-order valence-corrected chi connectivity index (χ1v) is 9.58. The third-order valence-corrected chi connectivity index (χ3v) is 6.00. The molecule has 1 saturated heterocycles. The molecule has 0 saturated carbocycles. The van der Waals surface area contributed by atoms with Crippen LogP contribution in [0.4, 0.5) is 0 Å². The second-order valence-electron chi connectivity index (χ2n) is 6.50. The number of aryl methyl sites for hydroxylation is 2. The third-order valence-electron chi connectivity index (χ3n) is 5.01. The first-order chi connectivity index (χ1) is 12.0. The topological polar surface area (TPSA) is 54.3 Å². The Hall–Kier alpha value is -1.92. The summed E-state index contributed by atoms with van der Waals surface area (Å²) in [7, 11) is 0. The number of carbonyl (C=O) groups is 1.